The number of phenolic OH excluding ortho intramolecular Hbond substituents is 1. The molecule has 0 aliphatic rings. The van der Waals surface area contributed by atoms with Crippen molar-refractivity contribution in [2.45, 2.75) is 13.3 Å². The molecule has 0 unspecified atom stereocenters. The number of rotatable bonds is 8. The molecule has 1 N–H and O–H groups in total. The molecule has 4 heteroatoms. The second kappa shape index (κ2) is 10.3. The Bertz CT molecular complexity index is 992. The summed E-state index contributed by atoms with van der Waals surface area (Å²) in [5, 5.41) is 10.5. The Kier molecular flexibility index (Phi) is 7.56. The lowest BCUT2D eigenvalue weighted by atomic mass is 9.88. The first-order valence-electron chi connectivity index (χ1n) is 10.1. The Morgan fingerprint density at radius 2 is 1.53 bits per heavy atom. The van der Waals surface area contributed by atoms with E-state index in [1.54, 1.807) is 12.1 Å². The van der Waals surface area contributed by atoms with E-state index in [9.17, 15) is 5.11 Å². The molecule has 0 aliphatic carbocycles. The lowest BCUT2D eigenvalue weighted by Gasteiger charge is -2.17. The number of likely N-dealkylation sites (N-methyl/N-ethyl adjacent to an activating group) is 1. The third-order valence-electron chi connectivity index (χ3n) is 4.93. The van der Waals surface area contributed by atoms with E-state index in [2.05, 4.69) is 30.0 Å². The van der Waals surface area contributed by atoms with Crippen LogP contribution in [0.15, 0.2) is 72.8 Å². The van der Waals surface area contributed by atoms with Crippen molar-refractivity contribution in [2.75, 3.05) is 27.2 Å². The van der Waals surface area contributed by atoms with Crippen LogP contribution in [0.3, 0.4) is 0 Å². The molecule has 0 saturated heterocycles. The van der Waals surface area contributed by atoms with Gasteiger partial charge in [0, 0.05) is 11.6 Å². The quantitative estimate of drug-likeness (QED) is 0.430. The molecule has 0 fully saturated rings. The van der Waals surface area contributed by atoms with Crippen molar-refractivity contribution in [1.82, 2.24) is 4.90 Å². The summed E-state index contributed by atoms with van der Waals surface area (Å²) in [5.74, 6) is 1.11. The zero-order valence-electron chi connectivity index (χ0n) is 17.7. The molecule has 3 aromatic carbocycles. The molecular formula is C26H28ClNO2. The van der Waals surface area contributed by atoms with Crippen LogP contribution in [0.4, 0.5) is 0 Å². The topological polar surface area (TPSA) is 32.7 Å². The first-order valence-corrected chi connectivity index (χ1v) is 10.5. The van der Waals surface area contributed by atoms with Gasteiger partial charge in [0.1, 0.15) is 18.1 Å². The van der Waals surface area contributed by atoms with Gasteiger partial charge in [0.15, 0.2) is 0 Å². The molecule has 3 nitrogen and oxygen atoms in total. The van der Waals surface area contributed by atoms with E-state index in [1.807, 2.05) is 56.6 Å². The van der Waals surface area contributed by atoms with Crippen LogP contribution in [0.25, 0.3) is 11.1 Å². The van der Waals surface area contributed by atoms with Gasteiger partial charge in [0.2, 0.25) is 0 Å². The minimum atomic E-state index is 0.253. The summed E-state index contributed by atoms with van der Waals surface area (Å²) in [7, 11) is 4.06. The molecular weight excluding hydrogens is 394 g/mol. The van der Waals surface area contributed by atoms with E-state index in [0.717, 1.165) is 41.0 Å². The number of halogens is 1. The van der Waals surface area contributed by atoms with Crippen LogP contribution >= 0.6 is 11.6 Å². The fraction of sp³-hybridized carbons (Fsp3) is 0.231. The average Bonchev–Trinajstić information content (AvgIpc) is 2.73. The van der Waals surface area contributed by atoms with Crippen molar-refractivity contribution < 1.29 is 9.84 Å². The smallest absolute Gasteiger partial charge is 0.119 e. The molecule has 0 amide bonds. The van der Waals surface area contributed by atoms with Crippen LogP contribution in [-0.2, 0) is 0 Å². The maximum Gasteiger partial charge on any atom is 0.119 e. The normalized spacial score (nSPS) is 12.0. The Labute approximate surface area is 184 Å². The van der Waals surface area contributed by atoms with Gasteiger partial charge in [-0.3, -0.25) is 0 Å². The molecule has 0 atom stereocenters. The minimum absolute atomic E-state index is 0.253. The highest BCUT2D eigenvalue weighted by Gasteiger charge is 2.14. The molecule has 156 valence electrons. The Morgan fingerprint density at radius 1 is 0.900 bits per heavy atom. The van der Waals surface area contributed by atoms with E-state index in [-0.39, 0.29) is 5.75 Å². The molecule has 0 saturated carbocycles. The van der Waals surface area contributed by atoms with E-state index in [1.165, 1.54) is 5.57 Å². The van der Waals surface area contributed by atoms with Gasteiger partial charge in [0.25, 0.3) is 0 Å². The summed E-state index contributed by atoms with van der Waals surface area (Å²) in [6.07, 6.45) is 0.845. The second-order valence-electron chi connectivity index (χ2n) is 7.44. The molecule has 0 bridgehead atoms. The van der Waals surface area contributed by atoms with E-state index < -0.39 is 0 Å². The lowest BCUT2D eigenvalue weighted by molar-refractivity contribution is 0.261. The molecule has 0 aliphatic heterocycles. The van der Waals surface area contributed by atoms with E-state index in [4.69, 9.17) is 16.3 Å². The minimum Gasteiger partial charge on any atom is -0.508 e. The molecule has 0 aromatic heterocycles. The zero-order chi connectivity index (χ0) is 21.5. The average molecular weight is 422 g/mol. The Balaban J connectivity index is 2.05. The van der Waals surface area contributed by atoms with Gasteiger partial charge in [-0.2, -0.15) is 0 Å². The molecule has 30 heavy (non-hydrogen) atoms. The fourth-order valence-corrected chi connectivity index (χ4v) is 3.60. The predicted molar refractivity (Wildman–Crippen MR) is 126 cm³/mol. The molecule has 3 rings (SSSR count). The van der Waals surface area contributed by atoms with Gasteiger partial charge in [-0.25, -0.2) is 0 Å². The summed E-state index contributed by atoms with van der Waals surface area (Å²) < 4.78 is 5.85. The van der Waals surface area contributed by atoms with E-state index in [0.29, 0.717) is 11.6 Å². The van der Waals surface area contributed by atoms with Crippen molar-refractivity contribution in [3.05, 3.63) is 94.5 Å². The summed E-state index contributed by atoms with van der Waals surface area (Å²) in [5.41, 5.74) is 5.56. The van der Waals surface area contributed by atoms with Gasteiger partial charge < -0.3 is 14.7 Å². The van der Waals surface area contributed by atoms with Crippen LogP contribution in [0.2, 0.25) is 5.02 Å². The van der Waals surface area contributed by atoms with Crippen molar-refractivity contribution in [3.8, 4) is 11.5 Å². The standard InChI is InChI=1S/C26H28ClNO2/c1-4-25(21-6-5-7-22(27)18-21)26(19-8-12-23(29)13-9-19)20-10-14-24(15-11-20)30-17-16-28(2)3/h5-15,18,29H,4,16-17H2,1-3H3/b26-25+. The molecule has 0 radical (unpaired) electrons. The third-order valence-corrected chi connectivity index (χ3v) is 5.17. The van der Waals surface area contributed by atoms with Crippen LogP contribution in [0, 0.1) is 0 Å². The van der Waals surface area contributed by atoms with Gasteiger partial charge in [-0.1, -0.05) is 54.9 Å². The highest BCUT2D eigenvalue weighted by molar-refractivity contribution is 6.30. The fourth-order valence-electron chi connectivity index (χ4n) is 3.41. The number of benzene rings is 3. The summed E-state index contributed by atoms with van der Waals surface area (Å²) in [4.78, 5) is 2.10. The number of aromatic hydroxyl groups is 1. The molecule has 0 spiro atoms. The van der Waals surface area contributed by atoms with Gasteiger partial charge in [-0.05, 0) is 84.8 Å². The van der Waals surface area contributed by atoms with Crippen molar-refractivity contribution in [1.29, 1.82) is 0 Å². The highest BCUT2D eigenvalue weighted by atomic mass is 35.5. The number of nitrogens with zero attached hydrogens (tertiary/aromatic N) is 1. The van der Waals surface area contributed by atoms with E-state index >= 15 is 0 Å². The first-order chi connectivity index (χ1) is 14.5. The van der Waals surface area contributed by atoms with Gasteiger partial charge >= 0.3 is 0 Å². The number of hydrogen-bond donors (Lipinski definition) is 1. The zero-order valence-corrected chi connectivity index (χ0v) is 18.5. The van der Waals surface area contributed by atoms with Gasteiger partial charge in [0.05, 0.1) is 0 Å². The maximum absolute atomic E-state index is 9.76. The SMILES string of the molecule is CC/C(=C(/c1ccc(O)cc1)c1ccc(OCCN(C)C)cc1)c1cccc(Cl)c1. The Morgan fingerprint density at radius 3 is 2.10 bits per heavy atom. The largest absolute Gasteiger partial charge is 0.508 e. The number of phenols is 1. The first kappa shape index (κ1) is 21.9. The van der Waals surface area contributed by atoms with Crippen LogP contribution in [0.5, 0.6) is 11.5 Å². The summed E-state index contributed by atoms with van der Waals surface area (Å²) in [6.45, 7) is 3.67. The molecule has 3 aromatic rings. The van der Waals surface area contributed by atoms with Crippen molar-refractivity contribution in [3.63, 3.8) is 0 Å². The van der Waals surface area contributed by atoms with Crippen LogP contribution in [0.1, 0.15) is 30.0 Å². The van der Waals surface area contributed by atoms with Crippen molar-refractivity contribution in [2.24, 2.45) is 0 Å². The van der Waals surface area contributed by atoms with Crippen LogP contribution < -0.4 is 4.74 Å². The second-order valence-corrected chi connectivity index (χ2v) is 7.88. The monoisotopic (exact) mass is 421 g/mol. The number of hydrogen-bond acceptors (Lipinski definition) is 3. The number of ether oxygens (including phenoxy) is 1. The predicted octanol–water partition coefficient (Wildman–Crippen LogP) is 6.36. The lowest BCUT2D eigenvalue weighted by Crippen LogP contribution is -2.19. The van der Waals surface area contributed by atoms with Crippen molar-refractivity contribution >= 4 is 22.7 Å². The highest BCUT2D eigenvalue weighted by Crippen LogP contribution is 2.36. The van der Waals surface area contributed by atoms with Crippen LogP contribution in [-0.4, -0.2) is 37.3 Å². The molecule has 0 heterocycles. The maximum atomic E-state index is 9.76. The Hall–Kier alpha value is -2.75. The summed E-state index contributed by atoms with van der Waals surface area (Å²) >= 11 is 6.28. The third kappa shape index (κ3) is 5.65. The number of allylic oxidation sites excluding steroid dienone is 1. The summed E-state index contributed by atoms with van der Waals surface area (Å²) in [6, 6.07) is 23.5. The van der Waals surface area contributed by atoms with Gasteiger partial charge in [-0.15, -0.1) is 0 Å².